The van der Waals surface area contributed by atoms with Crippen LogP contribution < -0.4 is 10.6 Å². The van der Waals surface area contributed by atoms with Gasteiger partial charge in [-0.2, -0.15) is 0 Å². The second-order valence-corrected chi connectivity index (χ2v) is 16.9. The molecule has 1 aliphatic rings. The Kier molecular flexibility index (Phi) is 14.0. The molecule has 3 atom stereocenters. The molecule has 0 radical (unpaired) electrons. The second kappa shape index (κ2) is 20.5. The number of nitrogens with zero attached hydrogens (tertiary/aromatic N) is 4. The summed E-state index contributed by atoms with van der Waals surface area (Å²) in [5.41, 5.74) is 7.60. The fourth-order valence-corrected chi connectivity index (χ4v) is 8.67. The minimum atomic E-state index is -0.937. The number of carbonyl (C=O) groups excluding carboxylic acids is 4. The van der Waals surface area contributed by atoms with Crippen molar-refractivity contribution in [3.05, 3.63) is 144 Å². The van der Waals surface area contributed by atoms with Crippen LogP contribution in [-0.2, 0) is 25.6 Å². The van der Waals surface area contributed by atoms with Crippen molar-refractivity contribution in [3.63, 3.8) is 0 Å². The van der Waals surface area contributed by atoms with Crippen LogP contribution in [-0.4, -0.2) is 87.1 Å². The van der Waals surface area contributed by atoms with Crippen LogP contribution in [0.4, 0.5) is 9.59 Å². The number of nitrogens with one attached hydrogen (secondary N) is 4. The molecule has 2 aromatic heterocycles. The topological polar surface area (TPSA) is 175 Å². The molecule has 67 heavy (non-hydrogen) atoms. The smallest absolute Gasteiger partial charge is 0.407 e. The summed E-state index contributed by atoms with van der Waals surface area (Å²) < 4.78 is 9.67. The highest BCUT2D eigenvalue weighted by atomic mass is 16.5. The lowest BCUT2D eigenvalue weighted by Gasteiger charge is -2.29. The highest BCUT2D eigenvalue weighted by molar-refractivity contribution is 6.05. The Labute approximate surface area is 389 Å². The van der Waals surface area contributed by atoms with Crippen molar-refractivity contribution >= 4 is 45.8 Å². The summed E-state index contributed by atoms with van der Waals surface area (Å²) in [5.74, 6) is 7.54. The number of ether oxygens (including phenoxy) is 2. The zero-order valence-electron chi connectivity index (χ0n) is 38.3. The Balaban J connectivity index is 1.08. The first-order chi connectivity index (χ1) is 32.5. The van der Waals surface area contributed by atoms with Crippen molar-refractivity contribution < 1.29 is 28.7 Å². The summed E-state index contributed by atoms with van der Waals surface area (Å²) in [6.45, 7) is 7.02. The van der Waals surface area contributed by atoms with Gasteiger partial charge in [0.15, 0.2) is 0 Å². The number of methoxy groups -OCH3 is 2. The molecular weight excluding hydrogens is 845 g/mol. The number of carbonyl (C=O) groups is 4. The monoisotopic (exact) mass is 898 g/mol. The lowest BCUT2D eigenvalue weighted by Crippen LogP contribution is -2.51. The molecule has 1 fully saturated rings. The fraction of sp³-hybridized carbons (Fsp3) is 0.283. The van der Waals surface area contributed by atoms with E-state index >= 15 is 0 Å². The van der Waals surface area contributed by atoms with Gasteiger partial charge < -0.3 is 39.9 Å². The first-order valence-corrected chi connectivity index (χ1v) is 22.6. The molecule has 14 nitrogen and oxygen atoms in total. The molecule has 0 saturated carbocycles. The first-order valence-electron chi connectivity index (χ1n) is 22.6. The number of aromatic nitrogens is 4. The third kappa shape index (κ3) is 10.2. The molecule has 0 unspecified atom stereocenters. The van der Waals surface area contributed by atoms with Crippen LogP contribution in [0.3, 0.4) is 0 Å². The number of rotatable bonds is 13. The normalized spacial score (nSPS) is 14.3. The van der Waals surface area contributed by atoms with Crippen LogP contribution >= 0.6 is 0 Å². The Morgan fingerprint density at radius 3 is 2.31 bits per heavy atom. The number of H-pyrrole nitrogens is 2. The molecule has 3 heterocycles. The number of hydrogen-bond donors (Lipinski definition) is 4. The van der Waals surface area contributed by atoms with Crippen LogP contribution in [0.2, 0.25) is 0 Å². The lowest BCUT2D eigenvalue weighted by molar-refractivity contribution is -0.135. The molecule has 0 bridgehead atoms. The van der Waals surface area contributed by atoms with E-state index in [2.05, 4.69) is 68.8 Å². The highest BCUT2D eigenvalue weighted by Gasteiger charge is 2.38. The second-order valence-electron chi connectivity index (χ2n) is 16.9. The van der Waals surface area contributed by atoms with E-state index in [0.29, 0.717) is 36.7 Å². The van der Waals surface area contributed by atoms with Gasteiger partial charge in [0.05, 0.1) is 49.7 Å². The summed E-state index contributed by atoms with van der Waals surface area (Å²) in [6, 6.07) is 33.6. The minimum absolute atomic E-state index is 0.134. The van der Waals surface area contributed by atoms with Gasteiger partial charge >= 0.3 is 12.2 Å². The molecule has 4 N–H and O–H groups in total. The zero-order chi connectivity index (χ0) is 47.0. The van der Waals surface area contributed by atoms with E-state index in [1.165, 1.54) is 14.2 Å². The van der Waals surface area contributed by atoms with Gasteiger partial charge in [0.25, 0.3) is 0 Å². The van der Waals surface area contributed by atoms with Crippen molar-refractivity contribution in [2.45, 2.75) is 64.7 Å². The number of aromatic amines is 2. The van der Waals surface area contributed by atoms with E-state index in [1.54, 1.807) is 23.2 Å². The maximum atomic E-state index is 14.0. The van der Waals surface area contributed by atoms with Gasteiger partial charge in [-0.1, -0.05) is 111 Å². The van der Waals surface area contributed by atoms with Gasteiger partial charge in [0.1, 0.15) is 23.7 Å². The number of hydrogen-bond acceptors (Lipinski definition) is 8. The Hall–Kier alpha value is -7.92. The van der Waals surface area contributed by atoms with Crippen LogP contribution in [0.1, 0.15) is 80.5 Å². The Morgan fingerprint density at radius 1 is 0.851 bits per heavy atom. The summed E-state index contributed by atoms with van der Waals surface area (Å²) in [5, 5.41) is 7.43. The van der Waals surface area contributed by atoms with Crippen molar-refractivity contribution in [3.8, 4) is 34.2 Å². The van der Waals surface area contributed by atoms with E-state index in [9.17, 15) is 19.2 Å². The summed E-state index contributed by atoms with van der Waals surface area (Å²) >= 11 is 0. The summed E-state index contributed by atoms with van der Waals surface area (Å²) in [6.07, 6.45) is 2.70. The molecule has 1 aliphatic heterocycles. The van der Waals surface area contributed by atoms with E-state index in [4.69, 9.17) is 19.4 Å². The number of amides is 4. The Morgan fingerprint density at radius 2 is 1.58 bits per heavy atom. The van der Waals surface area contributed by atoms with Gasteiger partial charge in [0, 0.05) is 35.2 Å². The van der Waals surface area contributed by atoms with E-state index in [1.807, 2.05) is 86.3 Å². The van der Waals surface area contributed by atoms with Crippen molar-refractivity contribution in [1.82, 2.24) is 40.4 Å². The molecule has 0 spiro atoms. The van der Waals surface area contributed by atoms with E-state index < -0.39 is 24.3 Å². The van der Waals surface area contributed by atoms with Crippen LogP contribution in [0, 0.1) is 17.8 Å². The number of likely N-dealkylation sites (tertiary alicyclic amines) is 1. The number of imidazole rings is 2. The molecule has 5 aromatic carbocycles. The SMILES string of the molecule is CCCN(Cc1ncc(-c2ccc(-c3ccc4c(ccc5nc([C@@H]6CCCN6C(=O)[C@@H](NC(=O)OC)C(C)C)[nH]c54)c3)c(C#Cc3ccccc3)c2)[nH]1)C(=O)[C@H](NC(=O)OC)c1ccccc1. The van der Waals surface area contributed by atoms with Crippen molar-refractivity contribution in [1.29, 1.82) is 0 Å². The van der Waals surface area contributed by atoms with Crippen LogP contribution in [0.5, 0.6) is 0 Å². The van der Waals surface area contributed by atoms with Gasteiger partial charge in [0.2, 0.25) is 11.8 Å². The fourth-order valence-electron chi connectivity index (χ4n) is 8.67. The maximum Gasteiger partial charge on any atom is 0.407 e. The van der Waals surface area contributed by atoms with Crippen LogP contribution in [0.25, 0.3) is 44.2 Å². The zero-order valence-corrected chi connectivity index (χ0v) is 38.3. The van der Waals surface area contributed by atoms with E-state index in [0.717, 1.165) is 68.2 Å². The highest BCUT2D eigenvalue weighted by Crippen LogP contribution is 2.36. The van der Waals surface area contributed by atoms with Gasteiger partial charge in [-0.05, 0) is 77.6 Å². The Bertz CT molecular complexity index is 2970. The summed E-state index contributed by atoms with van der Waals surface area (Å²) in [7, 11) is 2.56. The molecular formula is C53H54N8O6. The maximum absolute atomic E-state index is 14.0. The number of benzene rings is 5. The molecule has 14 heteroatoms. The predicted octanol–water partition coefficient (Wildman–Crippen LogP) is 9.05. The van der Waals surface area contributed by atoms with Gasteiger partial charge in [-0.15, -0.1) is 0 Å². The van der Waals surface area contributed by atoms with Gasteiger partial charge in [-0.3, -0.25) is 9.59 Å². The average Bonchev–Trinajstić information content (AvgIpc) is 4.15. The molecule has 4 amide bonds. The molecule has 7 aromatic rings. The largest absolute Gasteiger partial charge is 0.453 e. The molecule has 342 valence electrons. The number of alkyl carbamates (subject to hydrolysis) is 2. The summed E-state index contributed by atoms with van der Waals surface area (Å²) in [4.78, 5) is 72.6. The molecule has 8 rings (SSSR count). The van der Waals surface area contributed by atoms with E-state index in [-0.39, 0.29) is 30.3 Å². The van der Waals surface area contributed by atoms with Gasteiger partial charge in [-0.25, -0.2) is 19.6 Å². The third-order valence-electron chi connectivity index (χ3n) is 12.1. The molecule has 1 saturated heterocycles. The lowest BCUT2D eigenvalue weighted by atomic mass is 9.94. The van der Waals surface area contributed by atoms with Crippen molar-refractivity contribution in [2.75, 3.05) is 27.3 Å². The number of fused-ring (bicyclic) bond motifs is 3. The van der Waals surface area contributed by atoms with Crippen molar-refractivity contribution in [2.24, 2.45) is 5.92 Å². The third-order valence-corrected chi connectivity index (χ3v) is 12.1. The quantitative estimate of drug-likeness (QED) is 0.0830. The predicted molar refractivity (Wildman–Crippen MR) is 257 cm³/mol. The first kappa shape index (κ1) is 45.6. The standard InChI is InChI=1S/C53H54N8O6/c1-6-27-60(50(62)47(59-53(65)67-5)35-16-11-8-12-17-35)32-45-54-31-43(55-45)39-22-24-40(36(30-39)20-19-34-14-9-7-10-15-34)37-21-25-41-38(29-37)23-26-42-48(41)57-49(56-42)44-18-13-28-61(44)51(63)46(33(2)3)58-52(64)66-4/h7-12,14-17,21-26,29-31,33,44,46-47H,6,13,18,27-28,32H2,1-5H3,(H,54,55)(H,56,57)(H,58,64)(H,59,65)/t44-,46-,47+/m0/s1. The molecule has 0 aliphatic carbocycles. The van der Waals surface area contributed by atoms with Crippen LogP contribution in [0.15, 0.2) is 115 Å². The average molecular weight is 899 g/mol. The minimum Gasteiger partial charge on any atom is -0.453 e.